The SMILES string of the molecule is COc1ccc(C(C)(N)c2sccc2C)cc1. The monoisotopic (exact) mass is 247 g/mol. The lowest BCUT2D eigenvalue weighted by Crippen LogP contribution is -2.33. The van der Waals surface area contributed by atoms with Crippen LogP contribution in [0.5, 0.6) is 5.75 Å². The minimum Gasteiger partial charge on any atom is -0.497 e. The number of rotatable bonds is 3. The summed E-state index contributed by atoms with van der Waals surface area (Å²) in [5.74, 6) is 0.854. The Kier molecular flexibility index (Phi) is 3.22. The molecule has 0 spiro atoms. The lowest BCUT2D eigenvalue weighted by Gasteiger charge is -2.25. The van der Waals surface area contributed by atoms with Crippen molar-refractivity contribution in [2.24, 2.45) is 5.73 Å². The van der Waals surface area contributed by atoms with Crippen LogP contribution in [0.3, 0.4) is 0 Å². The smallest absolute Gasteiger partial charge is 0.118 e. The second-order valence-electron chi connectivity index (χ2n) is 4.36. The predicted octanol–water partition coefficient (Wildman–Crippen LogP) is 3.29. The number of methoxy groups -OCH3 is 1. The van der Waals surface area contributed by atoms with Gasteiger partial charge in [0.2, 0.25) is 0 Å². The van der Waals surface area contributed by atoms with Crippen molar-refractivity contribution in [3.8, 4) is 5.75 Å². The zero-order valence-electron chi connectivity index (χ0n) is 10.4. The van der Waals surface area contributed by atoms with Gasteiger partial charge in [0.05, 0.1) is 12.6 Å². The third-order valence-electron chi connectivity index (χ3n) is 3.02. The Morgan fingerprint density at radius 1 is 1.18 bits per heavy atom. The van der Waals surface area contributed by atoms with E-state index >= 15 is 0 Å². The first-order valence-corrected chi connectivity index (χ1v) is 6.41. The second kappa shape index (κ2) is 4.51. The number of benzene rings is 1. The van der Waals surface area contributed by atoms with Crippen molar-refractivity contribution in [3.05, 3.63) is 51.7 Å². The van der Waals surface area contributed by atoms with Crippen molar-refractivity contribution in [3.63, 3.8) is 0 Å². The fourth-order valence-electron chi connectivity index (χ4n) is 1.97. The van der Waals surface area contributed by atoms with E-state index in [4.69, 9.17) is 10.5 Å². The molecule has 0 aliphatic rings. The molecular weight excluding hydrogens is 230 g/mol. The highest BCUT2D eigenvalue weighted by Gasteiger charge is 2.26. The van der Waals surface area contributed by atoms with Crippen LogP contribution in [0.15, 0.2) is 35.7 Å². The van der Waals surface area contributed by atoms with Crippen LogP contribution in [0.1, 0.15) is 22.9 Å². The highest BCUT2D eigenvalue weighted by molar-refractivity contribution is 7.10. The molecule has 90 valence electrons. The molecule has 0 saturated heterocycles. The third-order valence-corrected chi connectivity index (χ3v) is 4.28. The fraction of sp³-hybridized carbons (Fsp3) is 0.286. The van der Waals surface area contributed by atoms with Gasteiger partial charge in [0.25, 0.3) is 0 Å². The topological polar surface area (TPSA) is 35.2 Å². The van der Waals surface area contributed by atoms with Crippen LogP contribution in [-0.4, -0.2) is 7.11 Å². The van der Waals surface area contributed by atoms with Crippen molar-refractivity contribution >= 4 is 11.3 Å². The maximum atomic E-state index is 6.47. The van der Waals surface area contributed by atoms with Crippen molar-refractivity contribution in [2.45, 2.75) is 19.4 Å². The van der Waals surface area contributed by atoms with Gasteiger partial charge in [0.15, 0.2) is 0 Å². The molecule has 3 heteroatoms. The lowest BCUT2D eigenvalue weighted by molar-refractivity contribution is 0.414. The average molecular weight is 247 g/mol. The molecule has 1 heterocycles. The molecule has 1 aromatic carbocycles. The number of nitrogens with two attached hydrogens (primary N) is 1. The number of hydrogen-bond acceptors (Lipinski definition) is 3. The largest absolute Gasteiger partial charge is 0.497 e. The molecule has 2 nitrogen and oxygen atoms in total. The summed E-state index contributed by atoms with van der Waals surface area (Å²) in [6.45, 7) is 4.15. The van der Waals surface area contributed by atoms with Crippen LogP contribution >= 0.6 is 11.3 Å². The van der Waals surface area contributed by atoms with Gasteiger partial charge in [-0.2, -0.15) is 0 Å². The van der Waals surface area contributed by atoms with E-state index in [2.05, 4.69) is 18.4 Å². The molecule has 0 bridgehead atoms. The molecule has 2 rings (SSSR count). The molecule has 1 unspecified atom stereocenters. The van der Waals surface area contributed by atoms with E-state index in [9.17, 15) is 0 Å². The van der Waals surface area contributed by atoms with Crippen LogP contribution in [0.25, 0.3) is 0 Å². The number of hydrogen-bond donors (Lipinski definition) is 1. The zero-order chi connectivity index (χ0) is 12.5. The van der Waals surface area contributed by atoms with Crippen LogP contribution in [-0.2, 0) is 5.54 Å². The lowest BCUT2D eigenvalue weighted by atomic mass is 9.90. The summed E-state index contributed by atoms with van der Waals surface area (Å²) in [7, 11) is 1.67. The Hall–Kier alpha value is -1.32. The van der Waals surface area contributed by atoms with Crippen molar-refractivity contribution in [2.75, 3.05) is 7.11 Å². The van der Waals surface area contributed by atoms with E-state index in [1.54, 1.807) is 18.4 Å². The Balaban J connectivity index is 2.40. The first kappa shape index (κ1) is 12.1. The number of thiophene rings is 1. The molecular formula is C14H17NOS. The average Bonchev–Trinajstić information content (AvgIpc) is 2.76. The fourth-order valence-corrected chi connectivity index (χ4v) is 3.00. The van der Waals surface area contributed by atoms with Gasteiger partial charge in [0, 0.05) is 4.88 Å². The van der Waals surface area contributed by atoms with Crippen LogP contribution in [0.2, 0.25) is 0 Å². The van der Waals surface area contributed by atoms with Gasteiger partial charge in [-0.1, -0.05) is 12.1 Å². The van der Waals surface area contributed by atoms with Gasteiger partial charge < -0.3 is 10.5 Å². The maximum Gasteiger partial charge on any atom is 0.118 e. The van der Waals surface area contributed by atoms with Gasteiger partial charge in [-0.05, 0) is 48.6 Å². The quantitative estimate of drug-likeness (QED) is 0.903. The Labute approximate surface area is 106 Å². The molecule has 1 aromatic heterocycles. The van der Waals surface area contributed by atoms with E-state index in [0.717, 1.165) is 11.3 Å². The van der Waals surface area contributed by atoms with Crippen molar-refractivity contribution < 1.29 is 4.74 Å². The molecule has 2 N–H and O–H groups in total. The van der Waals surface area contributed by atoms with E-state index in [1.807, 2.05) is 31.2 Å². The normalized spacial score (nSPS) is 14.4. The molecule has 0 fully saturated rings. The highest BCUT2D eigenvalue weighted by Crippen LogP contribution is 2.33. The Bertz CT molecular complexity index is 499. The van der Waals surface area contributed by atoms with Crippen LogP contribution in [0.4, 0.5) is 0 Å². The maximum absolute atomic E-state index is 6.47. The van der Waals surface area contributed by atoms with E-state index in [-0.39, 0.29) is 0 Å². The van der Waals surface area contributed by atoms with Crippen molar-refractivity contribution in [1.29, 1.82) is 0 Å². The molecule has 0 aliphatic heterocycles. The summed E-state index contributed by atoms with van der Waals surface area (Å²) in [6.07, 6.45) is 0. The highest BCUT2D eigenvalue weighted by atomic mass is 32.1. The van der Waals surface area contributed by atoms with Crippen molar-refractivity contribution in [1.82, 2.24) is 0 Å². The van der Waals surface area contributed by atoms with Gasteiger partial charge >= 0.3 is 0 Å². The minimum absolute atomic E-state index is 0.440. The summed E-state index contributed by atoms with van der Waals surface area (Å²) >= 11 is 1.71. The molecule has 1 atom stereocenters. The molecule has 0 radical (unpaired) electrons. The molecule has 2 aromatic rings. The summed E-state index contributed by atoms with van der Waals surface area (Å²) < 4.78 is 5.16. The van der Waals surface area contributed by atoms with E-state index < -0.39 is 5.54 Å². The number of aryl methyl sites for hydroxylation is 1. The second-order valence-corrected chi connectivity index (χ2v) is 5.28. The van der Waals surface area contributed by atoms with E-state index in [0.29, 0.717) is 0 Å². The standard InChI is InChI=1S/C14H17NOS/c1-10-8-9-17-13(10)14(2,15)11-4-6-12(16-3)7-5-11/h4-9H,15H2,1-3H3. The van der Waals surface area contributed by atoms with Gasteiger partial charge in [-0.3, -0.25) is 0 Å². The third kappa shape index (κ3) is 2.21. The molecule has 0 aliphatic carbocycles. The minimum atomic E-state index is -0.440. The first-order chi connectivity index (χ1) is 8.05. The van der Waals surface area contributed by atoms with Crippen LogP contribution in [0, 0.1) is 6.92 Å². The first-order valence-electron chi connectivity index (χ1n) is 5.53. The number of ether oxygens (including phenoxy) is 1. The predicted molar refractivity (Wildman–Crippen MR) is 72.7 cm³/mol. The summed E-state index contributed by atoms with van der Waals surface area (Å²) in [5.41, 5.74) is 8.37. The summed E-state index contributed by atoms with van der Waals surface area (Å²) in [5, 5.41) is 2.08. The zero-order valence-corrected chi connectivity index (χ0v) is 11.2. The van der Waals surface area contributed by atoms with Gasteiger partial charge in [0.1, 0.15) is 5.75 Å². The van der Waals surface area contributed by atoms with E-state index in [1.165, 1.54) is 10.4 Å². The summed E-state index contributed by atoms with van der Waals surface area (Å²) in [4.78, 5) is 1.21. The Morgan fingerprint density at radius 3 is 2.29 bits per heavy atom. The molecule has 0 amide bonds. The van der Waals surface area contributed by atoms with Gasteiger partial charge in [-0.25, -0.2) is 0 Å². The molecule has 17 heavy (non-hydrogen) atoms. The van der Waals surface area contributed by atoms with Crippen LogP contribution < -0.4 is 10.5 Å². The molecule has 0 saturated carbocycles. The van der Waals surface area contributed by atoms with Gasteiger partial charge in [-0.15, -0.1) is 11.3 Å². The Morgan fingerprint density at radius 2 is 1.82 bits per heavy atom. The summed E-state index contributed by atoms with van der Waals surface area (Å²) in [6, 6.07) is 10.1.